The summed E-state index contributed by atoms with van der Waals surface area (Å²) < 4.78 is 6.72. The maximum absolute atomic E-state index is 12.1. The van der Waals surface area contributed by atoms with Crippen LogP contribution in [-0.2, 0) is 16.0 Å². The van der Waals surface area contributed by atoms with Crippen molar-refractivity contribution in [2.75, 3.05) is 19.5 Å². The Morgan fingerprint density at radius 2 is 2.00 bits per heavy atom. The number of aliphatic hydroxyl groups is 2. The van der Waals surface area contributed by atoms with Crippen LogP contribution < -0.4 is 11.2 Å². The second kappa shape index (κ2) is 7.41. The molecular weight excluding hydrogens is 347 g/mol. The highest BCUT2D eigenvalue weighted by Gasteiger charge is 2.44. The Hall–Kier alpha value is -1.47. The van der Waals surface area contributed by atoms with E-state index in [4.69, 9.17) is 4.74 Å². The minimum absolute atomic E-state index is 0.102. The molecule has 2 rings (SSSR count). The van der Waals surface area contributed by atoms with Crippen molar-refractivity contribution in [3.8, 4) is 0 Å². The zero-order valence-electron chi connectivity index (χ0n) is 14.6. The molecule has 4 atom stereocenters. The standard InChI is InChI=1S/C16H25N2O6P/c1-9(19)7-10-8-18(16(23)17-14(10)22)15-13(21)12(20)11(24-15)5-6-25(2,3)4/h8,11-13,15,20-21H,2,5-7H2,1,3-4H3,(H,17,22,23)/t11-,12-,13-,15?/m1/s1. The Kier molecular flexibility index (Phi) is 5.89. The second-order valence-electron chi connectivity index (χ2n) is 7.19. The predicted molar refractivity (Wildman–Crippen MR) is 97.0 cm³/mol. The summed E-state index contributed by atoms with van der Waals surface area (Å²) in [6.07, 6.45) is 2.24. The first-order valence-corrected chi connectivity index (χ1v) is 11.1. The van der Waals surface area contributed by atoms with Crippen molar-refractivity contribution in [1.82, 2.24) is 9.55 Å². The van der Waals surface area contributed by atoms with Crippen molar-refractivity contribution < 1.29 is 19.7 Å². The summed E-state index contributed by atoms with van der Waals surface area (Å²) in [5.74, 6) is -0.233. The summed E-state index contributed by atoms with van der Waals surface area (Å²) in [6, 6.07) is 0. The molecule has 1 aliphatic rings. The third kappa shape index (κ3) is 4.79. The molecule has 1 aromatic rings. The lowest BCUT2D eigenvalue weighted by Crippen LogP contribution is -2.39. The maximum Gasteiger partial charge on any atom is 0.330 e. The molecule has 25 heavy (non-hydrogen) atoms. The Morgan fingerprint density at radius 1 is 1.36 bits per heavy atom. The lowest BCUT2D eigenvalue weighted by atomic mass is 10.1. The molecule has 0 spiro atoms. The summed E-state index contributed by atoms with van der Waals surface area (Å²) in [7, 11) is 0. The highest BCUT2D eigenvalue weighted by atomic mass is 31.2. The van der Waals surface area contributed by atoms with Crippen LogP contribution in [0.4, 0.5) is 0 Å². The number of aromatic amines is 1. The number of Topliss-reactive ketones (excluding diaryl/α,β-unsaturated/α-hetero) is 1. The van der Waals surface area contributed by atoms with Gasteiger partial charge in [0.05, 0.1) is 6.10 Å². The largest absolute Gasteiger partial charge is 0.388 e. The molecule has 1 aromatic heterocycles. The molecule has 1 unspecified atom stereocenters. The van der Waals surface area contributed by atoms with Gasteiger partial charge in [-0.3, -0.25) is 19.1 Å². The van der Waals surface area contributed by atoms with Crippen LogP contribution in [0.2, 0.25) is 0 Å². The van der Waals surface area contributed by atoms with Crippen molar-refractivity contribution >= 4 is 19.0 Å². The molecule has 1 fully saturated rings. The molecule has 140 valence electrons. The number of ether oxygens (including phenoxy) is 1. The van der Waals surface area contributed by atoms with E-state index in [1.54, 1.807) is 0 Å². The molecule has 1 saturated heterocycles. The van der Waals surface area contributed by atoms with E-state index in [9.17, 15) is 24.6 Å². The molecule has 0 bridgehead atoms. The van der Waals surface area contributed by atoms with Gasteiger partial charge in [-0.05, 0) is 32.8 Å². The Balaban J connectivity index is 2.29. The lowest BCUT2D eigenvalue weighted by Gasteiger charge is -2.19. The first-order chi connectivity index (χ1) is 11.5. The molecular formula is C16H25N2O6P. The predicted octanol–water partition coefficient (Wildman–Crippen LogP) is -0.613. The van der Waals surface area contributed by atoms with Gasteiger partial charge in [0.2, 0.25) is 0 Å². The summed E-state index contributed by atoms with van der Waals surface area (Å²) in [5, 5.41) is 20.5. The first kappa shape index (κ1) is 19.8. The van der Waals surface area contributed by atoms with Crippen molar-refractivity contribution in [3.05, 3.63) is 32.6 Å². The molecule has 0 aliphatic carbocycles. The smallest absolute Gasteiger partial charge is 0.330 e. The number of nitrogens with zero attached hydrogens (tertiary/aromatic N) is 1. The zero-order chi connectivity index (χ0) is 18.9. The van der Waals surface area contributed by atoms with Gasteiger partial charge in [0.25, 0.3) is 5.56 Å². The van der Waals surface area contributed by atoms with Crippen molar-refractivity contribution in [3.63, 3.8) is 0 Å². The normalized spacial score (nSPS) is 26.8. The maximum atomic E-state index is 12.1. The average Bonchev–Trinajstić information content (AvgIpc) is 2.75. The summed E-state index contributed by atoms with van der Waals surface area (Å²) in [6.45, 7) is 4.13. The van der Waals surface area contributed by atoms with Crippen LogP contribution >= 0.6 is 6.89 Å². The van der Waals surface area contributed by atoms with E-state index in [2.05, 4.69) is 24.6 Å². The summed E-state index contributed by atoms with van der Waals surface area (Å²) >= 11 is 0. The van der Waals surface area contributed by atoms with Crippen LogP contribution in [0.25, 0.3) is 0 Å². The van der Waals surface area contributed by atoms with Crippen LogP contribution in [0, 0.1) is 0 Å². The Bertz CT molecular complexity index is 808. The molecule has 0 amide bonds. The fourth-order valence-corrected chi connectivity index (χ4v) is 3.74. The number of ketones is 1. The lowest BCUT2D eigenvalue weighted by molar-refractivity contribution is -0.116. The van der Waals surface area contributed by atoms with E-state index in [1.807, 2.05) is 0 Å². The van der Waals surface area contributed by atoms with E-state index in [0.717, 1.165) is 10.7 Å². The number of H-pyrrole nitrogens is 1. The van der Waals surface area contributed by atoms with Crippen LogP contribution in [-0.4, -0.2) is 69.7 Å². The fourth-order valence-electron chi connectivity index (χ4n) is 2.78. The van der Waals surface area contributed by atoms with Gasteiger partial charge in [0.15, 0.2) is 6.23 Å². The molecule has 0 radical (unpaired) electrons. The SMILES string of the molecule is C=P(C)(C)CC[C@H]1OC(n2cc(CC(C)=O)c(=O)[nH]c2=O)[C@H](O)[C@@H]1O. The third-order valence-corrected chi connectivity index (χ3v) is 5.58. The number of aromatic nitrogens is 2. The number of hydrogen-bond donors (Lipinski definition) is 3. The van der Waals surface area contributed by atoms with Crippen molar-refractivity contribution in [2.45, 2.75) is 44.3 Å². The van der Waals surface area contributed by atoms with Gasteiger partial charge >= 0.3 is 5.69 Å². The van der Waals surface area contributed by atoms with Gasteiger partial charge in [0.1, 0.15) is 18.0 Å². The summed E-state index contributed by atoms with van der Waals surface area (Å²) in [4.78, 5) is 37.3. The van der Waals surface area contributed by atoms with Crippen LogP contribution in [0.5, 0.6) is 0 Å². The molecule has 3 N–H and O–H groups in total. The van der Waals surface area contributed by atoms with E-state index in [0.29, 0.717) is 6.42 Å². The number of rotatable bonds is 6. The van der Waals surface area contributed by atoms with E-state index in [-0.39, 0.29) is 17.8 Å². The highest BCUT2D eigenvalue weighted by Crippen LogP contribution is 2.39. The summed E-state index contributed by atoms with van der Waals surface area (Å²) in [5.41, 5.74) is -1.31. The molecule has 0 saturated carbocycles. The Labute approximate surface area is 145 Å². The van der Waals surface area contributed by atoms with Gasteiger partial charge in [-0.15, -0.1) is 13.2 Å². The molecule has 0 aromatic carbocycles. The van der Waals surface area contributed by atoms with E-state index < -0.39 is 42.7 Å². The van der Waals surface area contributed by atoms with Gasteiger partial charge in [-0.2, -0.15) is 0 Å². The number of carbonyl (C=O) groups is 1. The quantitative estimate of drug-likeness (QED) is 0.573. The number of hydrogen-bond acceptors (Lipinski definition) is 6. The van der Waals surface area contributed by atoms with E-state index >= 15 is 0 Å². The number of carbonyl (C=O) groups excluding carboxylic acids is 1. The Morgan fingerprint density at radius 3 is 2.56 bits per heavy atom. The van der Waals surface area contributed by atoms with Crippen LogP contribution in [0.3, 0.4) is 0 Å². The van der Waals surface area contributed by atoms with Gasteiger partial charge in [0, 0.05) is 18.2 Å². The third-order valence-electron chi connectivity index (χ3n) is 4.11. The number of nitrogens with one attached hydrogen (secondary N) is 1. The number of aliphatic hydroxyl groups excluding tert-OH is 2. The minimum atomic E-state index is -1.32. The second-order valence-corrected chi connectivity index (χ2v) is 11.5. The molecule has 2 heterocycles. The van der Waals surface area contributed by atoms with E-state index in [1.165, 1.54) is 13.1 Å². The highest BCUT2D eigenvalue weighted by molar-refractivity contribution is 7.72. The zero-order valence-corrected chi connectivity index (χ0v) is 15.5. The molecule has 1 aliphatic heterocycles. The monoisotopic (exact) mass is 372 g/mol. The fraction of sp³-hybridized carbons (Fsp3) is 0.625. The average molecular weight is 372 g/mol. The van der Waals surface area contributed by atoms with Crippen molar-refractivity contribution in [1.29, 1.82) is 0 Å². The minimum Gasteiger partial charge on any atom is -0.388 e. The molecule has 9 heteroatoms. The van der Waals surface area contributed by atoms with Gasteiger partial charge in [-0.25, -0.2) is 4.79 Å². The van der Waals surface area contributed by atoms with Crippen molar-refractivity contribution in [2.24, 2.45) is 0 Å². The van der Waals surface area contributed by atoms with Gasteiger partial charge in [-0.1, -0.05) is 0 Å². The topological polar surface area (TPSA) is 122 Å². The van der Waals surface area contributed by atoms with Gasteiger partial charge < -0.3 is 14.9 Å². The first-order valence-electron chi connectivity index (χ1n) is 8.02. The van der Waals surface area contributed by atoms with Crippen LogP contribution in [0.1, 0.15) is 25.1 Å². The molecule has 8 nitrogen and oxygen atoms in total. The van der Waals surface area contributed by atoms with Crippen LogP contribution in [0.15, 0.2) is 15.8 Å².